The molecule has 0 rings (SSSR count). The summed E-state index contributed by atoms with van der Waals surface area (Å²) in [6.07, 6.45) is 0. The van der Waals surface area contributed by atoms with Crippen LogP contribution in [-0.4, -0.2) is 22.4 Å². The molecule has 0 aromatic carbocycles. The van der Waals surface area contributed by atoms with Crippen LogP contribution in [0.4, 0.5) is 0 Å². The van der Waals surface area contributed by atoms with Crippen molar-refractivity contribution >= 4 is 34.4 Å². The van der Waals surface area contributed by atoms with Crippen LogP contribution in [0.3, 0.4) is 0 Å². The topological polar surface area (TPSA) is 43.4 Å². The second-order valence-corrected chi connectivity index (χ2v) is 4.08. The maximum absolute atomic E-state index is 10.9. The lowest BCUT2D eigenvalue weighted by molar-refractivity contribution is -0.139. The molecule has 0 aliphatic carbocycles. The van der Waals surface area contributed by atoms with Crippen molar-refractivity contribution in [2.24, 2.45) is 0 Å². The fraction of sp³-hybridized carbons (Fsp3) is 0.500. The molecule has 13 heavy (non-hydrogen) atoms. The Bertz CT molecular complexity index is 227. The molecule has 0 spiro atoms. The van der Waals surface area contributed by atoms with Gasteiger partial charge >= 0.3 is 5.97 Å². The average molecular weight is 223 g/mol. The van der Waals surface area contributed by atoms with Gasteiger partial charge in [-0.15, -0.1) is 0 Å². The van der Waals surface area contributed by atoms with Crippen LogP contribution >= 0.6 is 23.4 Å². The van der Waals surface area contributed by atoms with Crippen LogP contribution in [-0.2, 0) is 14.3 Å². The van der Waals surface area contributed by atoms with Crippen molar-refractivity contribution in [2.45, 2.75) is 19.4 Å². The number of hydrogen-bond acceptors (Lipinski definition) is 4. The lowest BCUT2D eigenvalue weighted by Gasteiger charge is -2.09. The van der Waals surface area contributed by atoms with Gasteiger partial charge in [0.1, 0.15) is 0 Å². The van der Waals surface area contributed by atoms with Gasteiger partial charge in [0.15, 0.2) is 10.7 Å². The standard InChI is InChI=1S/C8H11ClO3S/c1-5(2)8(11)12-7(9)4-13-6(3)10/h7H,1,4H2,2-3H3. The van der Waals surface area contributed by atoms with Gasteiger partial charge in [0.25, 0.3) is 0 Å². The summed E-state index contributed by atoms with van der Waals surface area (Å²) in [5.41, 5.74) is -0.489. The van der Waals surface area contributed by atoms with Crippen LogP contribution in [0.15, 0.2) is 12.2 Å². The van der Waals surface area contributed by atoms with Crippen LogP contribution in [0, 0.1) is 0 Å². The Morgan fingerprint density at radius 1 is 1.54 bits per heavy atom. The molecule has 5 heteroatoms. The van der Waals surface area contributed by atoms with Crippen molar-refractivity contribution in [2.75, 3.05) is 5.75 Å². The van der Waals surface area contributed by atoms with Crippen molar-refractivity contribution in [1.29, 1.82) is 0 Å². The average Bonchev–Trinajstić information content (AvgIpc) is 2.00. The summed E-state index contributed by atoms with van der Waals surface area (Å²) in [6.45, 7) is 6.35. The van der Waals surface area contributed by atoms with Crippen molar-refractivity contribution in [3.05, 3.63) is 12.2 Å². The van der Waals surface area contributed by atoms with Crippen LogP contribution in [0.1, 0.15) is 13.8 Å². The number of halogens is 1. The third-order valence-corrected chi connectivity index (χ3v) is 2.30. The number of thioether (sulfide) groups is 1. The SMILES string of the molecule is C=C(C)C(=O)OC(Cl)CSC(C)=O. The van der Waals surface area contributed by atoms with E-state index >= 15 is 0 Å². The van der Waals surface area contributed by atoms with Crippen molar-refractivity contribution in [3.8, 4) is 0 Å². The van der Waals surface area contributed by atoms with E-state index in [1.165, 1.54) is 13.8 Å². The molecule has 1 unspecified atom stereocenters. The summed E-state index contributed by atoms with van der Waals surface area (Å²) < 4.78 is 4.72. The molecule has 0 radical (unpaired) electrons. The van der Waals surface area contributed by atoms with Gasteiger partial charge in [-0.05, 0) is 6.92 Å². The van der Waals surface area contributed by atoms with E-state index in [-0.39, 0.29) is 10.9 Å². The van der Waals surface area contributed by atoms with E-state index in [1.54, 1.807) is 0 Å². The lowest BCUT2D eigenvalue weighted by atomic mass is 10.4. The van der Waals surface area contributed by atoms with Crippen molar-refractivity contribution in [3.63, 3.8) is 0 Å². The zero-order valence-corrected chi connectivity index (χ0v) is 9.07. The second-order valence-electron chi connectivity index (χ2n) is 2.40. The highest BCUT2D eigenvalue weighted by atomic mass is 35.5. The minimum absolute atomic E-state index is 0.0583. The fourth-order valence-corrected chi connectivity index (χ4v) is 1.14. The van der Waals surface area contributed by atoms with Crippen LogP contribution < -0.4 is 0 Å². The quantitative estimate of drug-likeness (QED) is 0.414. The molecule has 1 atom stereocenters. The number of ether oxygens (including phenoxy) is 1. The van der Waals surface area contributed by atoms with Gasteiger partial charge in [-0.2, -0.15) is 0 Å². The summed E-state index contributed by atoms with van der Waals surface area (Å²) in [5.74, 6) is -0.278. The summed E-state index contributed by atoms with van der Waals surface area (Å²) >= 11 is 6.62. The molecular formula is C8H11ClO3S. The van der Waals surface area contributed by atoms with Crippen LogP contribution in [0.25, 0.3) is 0 Å². The molecule has 3 nitrogen and oxygen atoms in total. The first kappa shape index (κ1) is 12.5. The van der Waals surface area contributed by atoms with E-state index in [0.29, 0.717) is 5.57 Å². The normalized spacial score (nSPS) is 11.9. The molecule has 0 aliphatic heterocycles. The Morgan fingerprint density at radius 3 is 2.46 bits per heavy atom. The van der Waals surface area contributed by atoms with Gasteiger partial charge in [-0.1, -0.05) is 29.9 Å². The maximum atomic E-state index is 10.9. The highest BCUT2D eigenvalue weighted by Gasteiger charge is 2.12. The van der Waals surface area contributed by atoms with E-state index in [4.69, 9.17) is 16.3 Å². The monoisotopic (exact) mass is 222 g/mol. The molecule has 0 N–H and O–H groups in total. The van der Waals surface area contributed by atoms with Gasteiger partial charge < -0.3 is 4.74 Å². The van der Waals surface area contributed by atoms with E-state index in [0.717, 1.165) is 11.8 Å². The molecule has 0 amide bonds. The van der Waals surface area contributed by atoms with E-state index in [2.05, 4.69) is 6.58 Å². The summed E-state index contributed by atoms with van der Waals surface area (Å²) in [7, 11) is 0. The first-order valence-electron chi connectivity index (χ1n) is 3.57. The number of esters is 1. The van der Waals surface area contributed by atoms with Gasteiger partial charge in [0, 0.05) is 12.5 Å². The van der Waals surface area contributed by atoms with Gasteiger partial charge in [0.2, 0.25) is 0 Å². The Morgan fingerprint density at radius 2 is 2.08 bits per heavy atom. The fourth-order valence-electron chi connectivity index (χ4n) is 0.434. The number of alkyl halides is 1. The van der Waals surface area contributed by atoms with E-state index in [9.17, 15) is 9.59 Å². The third kappa shape index (κ3) is 6.66. The van der Waals surface area contributed by atoms with Gasteiger partial charge in [0.05, 0.1) is 5.75 Å². The Labute approximate surface area is 86.5 Å². The van der Waals surface area contributed by atoms with Crippen LogP contribution in [0.5, 0.6) is 0 Å². The first-order valence-corrected chi connectivity index (χ1v) is 4.99. The Kier molecular flexibility index (Phi) is 5.82. The van der Waals surface area contributed by atoms with Crippen LogP contribution in [0.2, 0.25) is 0 Å². The molecule has 0 saturated carbocycles. The van der Waals surface area contributed by atoms with Gasteiger partial charge in [-0.25, -0.2) is 4.79 Å². The number of rotatable bonds is 4. The molecule has 0 fully saturated rings. The highest BCUT2D eigenvalue weighted by molar-refractivity contribution is 8.13. The molecule has 0 bridgehead atoms. The summed E-state index contributed by atoms with van der Waals surface area (Å²) in [6, 6.07) is 0. The molecular weight excluding hydrogens is 212 g/mol. The number of carbonyl (C=O) groups excluding carboxylic acids is 2. The highest BCUT2D eigenvalue weighted by Crippen LogP contribution is 2.11. The molecule has 0 aromatic heterocycles. The summed E-state index contributed by atoms with van der Waals surface area (Å²) in [4.78, 5) is 21.4. The Balaban J connectivity index is 3.74. The smallest absolute Gasteiger partial charge is 0.334 e. The van der Waals surface area contributed by atoms with Gasteiger partial charge in [-0.3, -0.25) is 4.79 Å². The van der Waals surface area contributed by atoms with E-state index < -0.39 is 11.5 Å². The molecule has 0 saturated heterocycles. The predicted molar refractivity (Wildman–Crippen MR) is 53.7 cm³/mol. The minimum atomic E-state index is -0.780. The zero-order chi connectivity index (χ0) is 10.4. The Hall–Kier alpha value is -0.480. The van der Waals surface area contributed by atoms with E-state index in [1.807, 2.05) is 0 Å². The number of hydrogen-bond donors (Lipinski definition) is 0. The third-order valence-electron chi connectivity index (χ3n) is 1.00. The molecule has 74 valence electrons. The maximum Gasteiger partial charge on any atom is 0.334 e. The zero-order valence-electron chi connectivity index (χ0n) is 7.50. The lowest BCUT2D eigenvalue weighted by Crippen LogP contribution is -2.15. The minimum Gasteiger partial charge on any atom is -0.442 e. The first-order chi connectivity index (χ1) is 5.93. The summed E-state index contributed by atoms with van der Waals surface area (Å²) in [5, 5.41) is -0.0583. The van der Waals surface area contributed by atoms with Crippen molar-refractivity contribution in [1.82, 2.24) is 0 Å². The van der Waals surface area contributed by atoms with Crippen molar-refractivity contribution < 1.29 is 14.3 Å². The predicted octanol–water partition coefficient (Wildman–Crippen LogP) is 1.95. The molecule has 0 heterocycles. The number of carbonyl (C=O) groups is 2. The molecule has 0 aromatic rings. The molecule has 0 aliphatic rings. The second kappa shape index (κ2) is 6.05. The largest absolute Gasteiger partial charge is 0.442 e.